The summed E-state index contributed by atoms with van der Waals surface area (Å²) in [4.78, 5) is 32.9. The first kappa shape index (κ1) is 15.4. The van der Waals surface area contributed by atoms with Crippen LogP contribution in [0, 0.1) is 5.92 Å². The monoisotopic (exact) mass is 245 g/mol. The van der Waals surface area contributed by atoms with Crippen LogP contribution in [0.1, 0.15) is 26.7 Å². The van der Waals surface area contributed by atoms with Gasteiger partial charge in [0.2, 0.25) is 11.8 Å². The van der Waals surface area contributed by atoms with E-state index in [-0.39, 0.29) is 5.92 Å². The Kier molecular flexibility index (Phi) is 6.19. The van der Waals surface area contributed by atoms with E-state index < -0.39 is 36.3 Å². The normalized spacial score (nSPS) is 14.1. The molecule has 0 spiro atoms. The molecule has 0 saturated heterocycles. The van der Waals surface area contributed by atoms with E-state index in [1.807, 2.05) is 13.8 Å². The van der Waals surface area contributed by atoms with Crippen molar-refractivity contribution in [1.29, 1.82) is 0 Å². The highest BCUT2D eigenvalue weighted by molar-refractivity contribution is 5.89. The molecule has 17 heavy (non-hydrogen) atoms. The second-order valence-corrected chi connectivity index (χ2v) is 4.31. The van der Waals surface area contributed by atoms with Gasteiger partial charge in [-0.05, 0) is 12.3 Å². The van der Waals surface area contributed by atoms with Crippen molar-refractivity contribution in [2.75, 3.05) is 0 Å². The molecule has 0 aliphatic rings. The van der Waals surface area contributed by atoms with Gasteiger partial charge in [0.25, 0.3) is 0 Å². The number of hydrogen-bond acceptors (Lipinski definition) is 4. The maximum absolute atomic E-state index is 11.5. The minimum Gasteiger partial charge on any atom is -0.480 e. The summed E-state index contributed by atoms with van der Waals surface area (Å²) in [6.45, 7) is 3.79. The van der Waals surface area contributed by atoms with Crippen molar-refractivity contribution in [2.24, 2.45) is 17.4 Å². The van der Waals surface area contributed by atoms with E-state index >= 15 is 0 Å². The number of nitrogens with two attached hydrogens (primary N) is 2. The molecular formula is C10H19N3O4. The van der Waals surface area contributed by atoms with E-state index in [4.69, 9.17) is 16.6 Å². The fraction of sp³-hybridized carbons (Fsp3) is 0.700. The molecule has 0 aromatic heterocycles. The van der Waals surface area contributed by atoms with E-state index in [0.717, 1.165) is 0 Å². The van der Waals surface area contributed by atoms with Crippen molar-refractivity contribution in [2.45, 2.75) is 38.8 Å². The van der Waals surface area contributed by atoms with Gasteiger partial charge in [0, 0.05) is 0 Å². The smallest absolute Gasteiger partial charge is 0.326 e. The molecule has 7 heteroatoms. The lowest BCUT2D eigenvalue weighted by atomic mass is 10.0. The molecule has 1 unspecified atom stereocenters. The van der Waals surface area contributed by atoms with Crippen LogP contribution in [-0.2, 0) is 14.4 Å². The lowest BCUT2D eigenvalue weighted by Crippen LogP contribution is -2.50. The summed E-state index contributed by atoms with van der Waals surface area (Å²) in [5, 5.41) is 11.0. The molecule has 0 radical (unpaired) electrons. The first-order valence-electron chi connectivity index (χ1n) is 5.31. The topological polar surface area (TPSA) is 136 Å². The van der Waals surface area contributed by atoms with Gasteiger partial charge in [-0.15, -0.1) is 0 Å². The fourth-order valence-corrected chi connectivity index (χ4v) is 1.29. The minimum absolute atomic E-state index is 0.218. The zero-order valence-electron chi connectivity index (χ0n) is 9.97. The van der Waals surface area contributed by atoms with E-state index in [9.17, 15) is 14.4 Å². The van der Waals surface area contributed by atoms with Crippen LogP contribution in [-0.4, -0.2) is 35.0 Å². The molecule has 0 saturated carbocycles. The average molecular weight is 245 g/mol. The number of rotatable bonds is 7. The number of carbonyl (C=O) groups excluding carboxylic acids is 2. The Hall–Kier alpha value is -1.63. The van der Waals surface area contributed by atoms with Gasteiger partial charge >= 0.3 is 5.97 Å². The molecule has 0 fully saturated rings. The molecule has 0 aliphatic heterocycles. The molecule has 0 rings (SSSR count). The Morgan fingerprint density at radius 3 is 2.18 bits per heavy atom. The molecule has 7 nitrogen and oxygen atoms in total. The van der Waals surface area contributed by atoms with Gasteiger partial charge in [-0.2, -0.15) is 0 Å². The summed E-state index contributed by atoms with van der Waals surface area (Å²) in [6.07, 6.45) is -0.00971. The maximum Gasteiger partial charge on any atom is 0.326 e. The number of nitrogens with one attached hydrogen (secondary N) is 1. The summed E-state index contributed by atoms with van der Waals surface area (Å²) >= 11 is 0. The van der Waals surface area contributed by atoms with Crippen molar-refractivity contribution in [3.8, 4) is 0 Å². The highest BCUT2D eigenvalue weighted by atomic mass is 16.4. The molecule has 0 aromatic carbocycles. The highest BCUT2D eigenvalue weighted by Gasteiger charge is 2.25. The second-order valence-electron chi connectivity index (χ2n) is 4.31. The van der Waals surface area contributed by atoms with Crippen LogP contribution >= 0.6 is 0 Å². The maximum atomic E-state index is 11.5. The average Bonchev–Trinajstić information content (AvgIpc) is 2.14. The predicted octanol–water partition coefficient (Wildman–Crippen LogP) is -1.20. The van der Waals surface area contributed by atoms with Gasteiger partial charge in [0.05, 0.1) is 12.5 Å². The summed E-state index contributed by atoms with van der Waals surface area (Å²) < 4.78 is 0. The predicted molar refractivity (Wildman–Crippen MR) is 60.8 cm³/mol. The standard InChI is InChI=1S/C10H19N3O4/c1-5(2)3-6(11)9(15)13-7(10(16)17)4-8(12)14/h5-7H,3-4,11H2,1-2H3,(H2,12,14)(H,13,15)(H,16,17)/t6-,7?/m0/s1. The van der Waals surface area contributed by atoms with Crippen molar-refractivity contribution in [1.82, 2.24) is 5.32 Å². The number of carboxylic acid groups (broad SMARTS) is 1. The molecule has 0 bridgehead atoms. The van der Waals surface area contributed by atoms with Crippen LogP contribution in [0.4, 0.5) is 0 Å². The molecule has 2 atom stereocenters. The molecule has 6 N–H and O–H groups in total. The van der Waals surface area contributed by atoms with Crippen LogP contribution in [0.3, 0.4) is 0 Å². The fourth-order valence-electron chi connectivity index (χ4n) is 1.29. The molecule has 98 valence electrons. The number of carboxylic acids is 1. The first-order chi connectivity index (χ1) is 7.73. The number of carbonyl (C=O) groups is 3. The van der Waals surface area contributed by atoms with Crippen LogP contribution in [0.5, 0.6) is 0 Å². The largest absolute Gasteiger partial charge is 0.480 e. The molecule has 0 heterocycles. The van der Waals surface area contributed by atoms with Gasteiger partial charge < -0.3 is 21.9 Å². The Labute approximate surface area is 99.5 Å². The summed E-state index contributed by atoms with van der Waals surface area (Å²) in [5.41, 5.74) is 10.5. The van der Waals surface area contributed by atoms with E-state index in [0.29, 0.717) is 6.42 Å². The third-order valence-electron chi connectivity index (χ3n) is 2.08. The van der Waals surface area contributed by atoms with E-state index in [1.165, 1.54) is 0 Å². The number of hydrogen-bond donors (Lipinski definition) is 4. The van der Waals surface area contributed by atoms with E-state index in [2.05, 4.69) is 5.32 Å². The second kappa shape index (κ2) is 6.85. The Morgan fingerprint density at radius 1 is 1.29 bits per heavy atom. The van der Waals surface area contributed by atoms with Crippen LogP contribution in [0.2, 0.25) is 0 Å². The van der Waals surface area contributed by atoms with Gasteiger partial charge in [-0.3, -0.25) is 9.59 Å². The third kappa shape index (κ3) is 6.52. The van der Waals surface area contributed by atoms with Gasteiger partial charge in [0.1, 0.15) is 6.04 Å². The third-order valence-corrected chi connectivity index (χ3v) is 2.08. The Bertz CT molecular complexity index is 304. The Balaban J connectivity index is 4.39. The zero-order chi connectivity index (χ0) is 13.6. The van der Waals surface area contributed by atoms with Gasteiger partial charge in [-0.25, -0.2) is 4.79 Å². The van der Waals surface area contributed by atoms with Crippen LogP contribution in [0.25, 0.3) is 0 Å². The summed E-state index contributed by atoms with van der Waals surface area (Å²) in [6, 6.07) is -2.11. The number of amides is 2. The van der Waals surface area contributed by atoms with Gasteiger partial charge in [0.15, 0.2) is 0 Å². The molecule has 0 aromatic rings. The molecule has 2 amide bonds. The highest BCUT2D eigenvalue weighted by Crippen LogP contribution is 2.03. The van der Waals surface area contributed by atoms with E-state index in [1.54, 1.807) is 0 Å². The van der Waals surface area contributed by atoms with Crippen molar-refractivity contribution in [3.05, 3.63) is 0 Å². The van der Waals surface area contributed by atoms with Crippen LogP contribution in [0.15, 0.2) is 0 Å². The van der Waals surface area contributed by atoms with Crippen molar-refractivity contribution in [3.63, 3.8) is 0 Å². The lowest BCUT2D eigenvalue weighted by Gasteiger charge is -2.17. The van der Waals surface area contributed by atoms with Crippen molar-refractivity contribution >= 4 is 17.8 Å². The SMILES string of the molecule is CC(C)C[C@H](N)C(=O)NC(CC(N)=O)C(=O)O. The number of primary amides is 1. The van der Waals surface area contributed by atoms with Crippen molar-refractivity contribution < 1.29 is 19.5 Å². The summed E-state index contributed by atoms with van der Waals surface area (Å²) in [7, 11) is 0. The Morgan fingerprint density at radius 2 is 1.82 bits per heavy atom. The first-order valence-corrected chi connectivity index (χ1v) is 5.31. The lowest BCUT2D eigenvalue weighted by molar-refractivity contribution is -0.143. The number of aliphatic carboxylic acids is 1. The molecular weight excluding hydrogens is 226 g/mol. The molecule has 0 aliphatic carbocycles. The minimum atomic E-state index is -1.32. The van der Waals surface area contributed by atoms with Crippen LogP contribution < -0.4 is 16.8 Å². The summed E-state index contributed by atoms with van der Waals surface area (Å²) in [5.74, 6) is -2.48. The van der Waals surface area contributed by atoms with Gasteiger partial charge in [-0.1, -0.05) is 13.8 Å². The zero-order valence-corrected chi connectivity index (χ0v) is 9.97. The quantitative estimate of drug-likeness (QED) is 0.447.